The molecule has 0 spiro atoms. The summed E-state index contributed by atoms with van der Waals surface area (Å²) in [6.07, 6.45) is -8.65. The molecule has 338 valence electrons. The molecule has 6 amide bonds. The van der Waals surface area contributed by atoms with Crippen molar-refractivity contribution in [3.05, 3.63) is 65.7 Å². The average molecular weight is 869 g/mol. The number of nitrogens with one attached hydrogen (secondary N) is 4. The fourth-order valence-corrected chi connectivity index (χ4v) is 7.78. The summed E-state index contributed by atoms with van der Waals surface area (Å²) in [5.41, 5.74) is 9.48. The molecule has 3 heterocycles. The highest BCUT2D eigenvalue weighted by atomic mass is 16.3. The second-order valence-electron chi connectivity index (χ2n) is 16.3. The topological polar surface area (TPSA) is 325 Å². The number of rotatable bonds is 8. The Bertz CT molecular complexity index is 1950. The van der Waals surface area contributed by atoms with Gasteiger partial charge in [-0.15, -0.1) is 0 Å². The number of hydrogen-bond donors (Lipinski definition) is 11. The van der Waals surface area contributed by atoms with Crippen molar-refractivity contribution in [1.82, 2.24) is 36.2 Å². The van der Waals surface area contributed by atoms with Gasteiger partial charge in [-0.05, 0) is 38.0 Å². The summed E-state index contributed by atoms with van der Waals surface area (Å²) in [6.45, 7) is 2.54. The lowest BCUT2D eigenvalue weighted by atomic mass is 9.99. The third-order valence-corrected chi connectivity index (χ3v) is 11.3. The van der Waals surface area contributed by atoms with E-state index in [1.807, 2.05) is 0 Å². The molecule has 62 heavy (non-hydrogen) atoms. The van der Waals surface area contributed by atoms with Crippen molar-refractivity contribution in [3.8, 4) is 5.75 Å². The molecule has 0 aromatic heterocycles. The van der Waals surface area contributed by atoms with Crippen molar-refractivity contribution in [2.75, 3.05) is 26.2 Å². The normalized spacial score (nSPS) is 30.2. The van der Waals surface area contributed by atoms with Gasteiger partial charge in [0.15, 0.2) is 5.78 Å². The smallest absolute Gasteiger partial charge is 0.259 e. The van der Waals surface area contributed by atoms with Gasteiger partial charge in [-0.1, -0.05) is 49.4 Å². The number of aliphatic hydroxyl groups excluding tert-OH is 5. The maximum absolute atomic E-state index is 14.3. The third kappa shape index (κ3) is 11.3. The number of phenolic OH excluding ortho intramolecular Hbond substituents is 1. The van der Waals surface area contributed by atoms with Crippen LogP contribution in [0.15, 0.2) is 54.6 Å². The van der Waals surface area contributed by atoms with Crippen LogP contribution in [0.2, 0.25) is 0 Å². The minimum Gasteiger partial charge on any atom is -0.508 e. The molecule has 21 heteroatoms. The van der Waals surface area contributed by atoms with Crippen molar-refractivity contribution in [1.29, 1.82) is 0 Å². The fraction of sp³-hybridized carbons (Fsp3) is 0.537. The largest absolute Gasteiger partial charge is 0.508 e. The number of hydrazine groups is 1. The Morgan fingerprint density at radius 1 is 0.774 bits per heavy atom. The zero-order valence-corrected chi connectivity index (χ0v) is 34.5. The molecule has 21 nitrogen and oxygen atoms in total. The highest BCUT2D eigenvalue weighted by molar-refractivity contribution is 5.99. The van der Waals surface area contributed by atoms with E-state index in [4.69, 9.17) is 5.73 Å². The van der Waals surface area contributed by atoms with E-state index in [9.17, 15) is 64.2 Å². The van der Waals surface area contributed by atoms with Crippen molar-refractivity contribution in [2.45, 2.75) is 107 Å². The van der Waals surface area contributed by atoms with Crippen LogP contribution in [0.1, 0.15) is 49.5 Å². The van der Waals surface area contributed by atoms with Gasteiger partial charge in [-0.3, -0.25) is 39.0 Å². The molecule has 3 aliphatic heterocycles. The fourth-order valence-electron chi connectivity index (χ4n) is 7.78. The quantitative estimate of drug-likeness (QED) is 0.112. The number of carbonyl (C=O) groups excluding carboxylic acids is 7. The van der Waals surface area contributed by atoms with Crippen LogP contribution >= 0.6 is 0 Å². The molecule has 0 saturated carbocycles. The highest BCUT2D eigenvalue weighted by Crippen LogP contribution is 2.26. The maximum atomic E-state index is 14.3. The lowest BCUT2D eigenvalue weighted by Gasteiger charge is -2.33. The number of aromatic hydroxyl groups is 1. The number of ketones is 1. The number of carbonyl (C=O) groups is 7. The average Bonchev–Trinajstić information content (AvgIpc) is 3.77. The summed E-state index contributed by atoms with van der Waals surface area (Å²) in [7, 11) is 0. The van der Waals surface area contributed by atoms with Crippen LogP contribution in [0.5, 0.6) is 5.75 Å². The number of nitrogens with zero attached hydrogens (tertiary/aromatic N) is 3. The highest BCUT2D eigenvalue weighted by Gasteiger charge is 2.49. The first-order valence-electron chi connectivity index (χ1n) is 20.4. The third-order valence-electron chi connectivity index (χ3n) is 11.3. The molecule has 5 rings (SSSR count). The van der Waals surface area contributed by atoms with Crippen molar-refractivity contribution < 1.29 is 64.2 Å². The number of aliphatic hydroxyl groups is 5. The molecular weight excluding hydrogens is 812 g/mol. The Labute approximate surface area is 357 Å². The summed E-state index contributed by atoms with van der Waals surface area (Å²) >= 11 is 0. The molecule has 3 aliphatic rings. The molecule has 0 radical (unpaired) electrons. The van der Waals surface area contributed by atoms with E-state index < -0.39 is 127 Å². The second kappa shape index (κ2) is 20.5. The zero-order valence-electron chi connectivity index (χ0n) is 34.5. The van der Waals surface area contributed by atoms with Gasteiger partial charge in [-0.2, -0.15) is 0 Å². The van der Waals surface area contributed by atoms with Gasteiger partial charge in [0.1, 0.15) is 36.0 Å². The van der Waals surface area contributed by atoms with Gasteiger partial charge >= 0.3 is 0 Å². The summed E-state index contributed by atoms with van der Waals surface area (Å²) in [4.78, 5) is 99.4. The first-order valence-corrected chi connectivity index (χ1v) is 20.4. The molecule has 12 N–H and O–H groups in total. The number of phenols is 1. The van der Waals surface area contributed by atoms with Gasteiger partial charge in [0, 0.05) is 44.0 Å². The lowest BCUT2D eigenvalue weighted by molar-refractivity contribution is -0.148. The standard InChI is InChI=1S/C41H56N8O13/c1-20-17-49-34(35(20)56)39(60)46-47(19-30(55)24-7-5-4-6-8-24)14-13-27(42)36(57)43-31(21(2)50)40(61)48-18-26(53)16-28(48)37(58)45-33(38(59)44-32(22(3)51)41(49)62)29(54)15-23-9-11-25(52)12-10-23/h4-12,20-22,26-29,31-35,50-54,56H,13-19,42H2,1-3H3,(H,43,57)(H,44,59)(H,45,58)(H,46,60)/t20-,21?,22?,26+,27-,28-,29+,31-,32-,33-,34-,35-/m0/s1. The zero-order chi connectivity index (χ0) is 45.6. The summed E-state index contributed by atoms with van der Waals surface area (Å²) in [6, 6.07) is 3.59. The van der Waals surface area contributed by atoms with Crippen molar-refractivity contribution >= 4 is 41.2 Å². The van der Waals surface area contributed by atoms with Crippen LogP contribution in [0.3, 0.4) is 0 Å². The molecule has 12 atom stereocenters. The van der Waals surface area contributed by atoms with E-state index in [0.29, 0.717) is 5.56 Å². The molecule has 2 aromatic rings. The van der Waals surface area contributed by atoms with Crippen molar-refractivity contribution in [3.63, 3.8) is 0 Å². The minimum absolute atomic E-state index is 0.0920. The predicted octanol–water partition coefficient (Wildman–Crippen LogP) is -4.37. The first kappa shape index (κ1) is 47.5. The number of nitrogens with two attached hydrogens (primary N) is 1. The van der Waals surface area contributed by atoms with E-state index >= 15 is 0 Å². The molecule has 0 aliphatic carbocycles. The molecule has 0 bridgehead atoms. The Morgan fingerprint density at radius 3 is 1.97 bits per heavy atom. The second-order valence-corrected chi connectivity index (χ2v) is 16.3. The van der Waals surface area contributed by atoms with Crippen LogP contribution in [-0.4, -0.2) is 180 Å². The molecular formula is C41H56N8O13. The summed E-state index contributed by atoms with van der Waals surface area (Å²) < 4.78 is 0. The lowest BCUT2D eigenvalue weighted by Crippen LogP contribution is -2.64. The first-order chi connectivity index (χ1) is 29.3. The van der Waals surface area contributed by atoms with Gasteiger partial charge < -0.3 is 62.1 Å². The van der Waals surface area contributed by atoms with E-state index in [1.54, 1.807) is 37.3 Å². The predicted molar refractivity (Wildman–Crippen MR) is 217 cm³/mol. The van der Waals surface area contributed by atoms with E-state index in [0.717, 1.165) is 14.8 Å². The van der Waals surface area contributed by atoms with E-state index in [1.165, 1.54) is 38.1 Å². The molecule has 2 aromatic carbocycles. The van der Waals surface area contributed by atoms with Crippen LogP contribution in [0, 0.1) is 5.92 Å². The van der Waals surface area contributed by atoms with Crippen molar-refractivity contribution in [2.24, 2.45) is 11.7 Å². The van der Waals surface area contributed by atoms with E-state index in [2.05, 4.69) is 21.4 Å². The van der Waals surface area contributed by atoms with Crippen LogP contribution in [-0.2, 0) is 35.2 Å². The van der Waals surface area contributed by atoms with Gasteiger partial charge in [-0.25, -0.2) is 5.01 Å². The Kier molecular flexibility index (Phi) is 15.7. The Morgan fingerprint density at radius 2 is 1.35 bits per heavy atom. The number of benzene rings is 2. The van der Waals surface area contributed by atoms with Gasteiger partial charge in [0.2, 0.25) is 29.5 Å². The molecule has 3 saturated heterocycles. The molecule has 3 fully saturated rings. The van der Waals surface area contributed by atoms with Gasteiger partial charge in [0.25, 0.3) is 5.91 Å². The van der Waals surface area contributed by atoms with Crippen LogP contribution in [0.4, 0.5) is 0 Å². The minimum atomic E-state index is -1.91. The van der Waals surface area contributed by atoms with Crippen LogP contribution < -0.4 is 27.1 Å². The number of hydrogen-bond acceptors (Lipinski definition) is 15. The maximum Gasteiger partial charge on any atom is 0.259 e. The molecule has 2 unspecified atom stereocenters. The monoisotopic (exact) mass is 868 g/mol. The summed E-state index contributed by atoms with van der Waals surface area (Å²) in [5.74, 6) is -7.42. The number of amides is 6. The SMILES string of the molecule is CC(O)[C@@H]1NC(=O)[C@H]([C@H](O)Cc2ccc(O)cc2)NC(=O)[C@@H]2C[C@@H](O)CN2C(=O)[C@H](C(C)O)NC(=O)[C@@H](N)CCN(CC(=O)c2ccccc2)NC(=O)[C@@H]2[C@@H](O)[C@@H](C)CN2C1=O. The number of fused-ring (bicyclic) bond motifs is 2. The Hall–Kier alpha value is -5.55. The number of Topliss-reactive ketones (excluding diaryl/α,β-unsaturated/α-hetero) is 1. The summed E-state index contributed by atoms with van der Waals surface area (Å²) in [5, 5.41) is 73.2. The Balaban J connectivity index is 1.55. The van der Waals surface area contributed by atoms with E-state index in [-0.39, 0.29) is 43.7 Å². The van der Waals surface area contributed by atoms with Crippen LogP contribution in [0.25, 0.3) is 0 Å². The van der Waals surface area contributed by atoms with Gasteiger partial charge in [0.05, 0.1) is 43.1 Å².